The number of rotatable bonds is 8. The van der Waals surface area contributed by atoms with Crippen molar-refractivity contribution >= 4 is 0 Å². The summed E-state index contributed by atoms with van der Waals surface area (Å²) >= 11 is 0. The lowest BCUT2D eigenvalue weighted by Gasteiger charge is -2.06. The molecule has 1 atom stereocenters. The highest BCUT2D eigenvalue weighted by Gasteiger charge is 2.13. The number of aliphatic hydroxyl groups is 1. The Bertz CT molecular complexity index is 444. The van der Waals surface area contributed by atoms with E-state index >= 15 is 0 Å². The number of aromatic nitrogens is 3. The standard InChI is InChI=1S/C9H14N8O/c10-6-8(12-2-1-3-13-15-11)9-7-17(4-5-18)16-14-9/h7-8,12,18H,1-5H2. The van der Waals surface area contributed by atoms with E-state index in [1.54, 1.807) is 6.20 Å². The summed E-state index contributed by atoms with van der Waals surface area (Å²) in [6, 6.07) is 1.52. The summed E-state index contributed by atoms with van der Waals surface area (Å²) in [5.74, 6) is 0. The zero-order valence-electron chi connectivity index (χ0n) is 9.77. The number of hydrogen-bond acceptors (Lipinski definition) is 6. The van der Waals surface area contributed by atoms with Gasteiger partial charge >= 0.3 is 0 Å². The molecule has 0 aliphatic rings. The normalized spacial score (nSPS) is 11.6. The van der Waals surface area contributed by atoms with Crippen LogP contribution >= 0.6 is 0 Å². The van der Waals surface area contributed by atoms with Crippen molar-refractivity contribution < 1.29 is 5.11 Å². The summed E-state index contributed by atoms with van der Waals surface area (Å²) in [6.45, 7) is 1.25. The minimum absolute atomic E-state index is 0.0282. The summed E-state index contributed by atoms with van der Waals surface area (Å²) in [6.07, 6.45) is 2.26. The van der Waals surface area contributed by atoms with Crippen LogP contribution in [-0.4, -0.2) is 39.8 Å². The van der Waals surface area contributed by atoms with E-state index in [0.29, 0.717) is 31.7 Å². The van der Waals surface area contributed by atoms with E-state index in [9.17, 15) is 0 Å². The minimum Gasteiger partial charge on any atom is -0.394 e. The van der Waals surface area contributed by atoms with Crippen LogP contribution in [0.4, 0.5) is 0 Å². The second-order valence-corrected chi connectivity index (χ2v) is 3.45. The Balaban J connectivity index is 2.44. The van der Waals surface area contributed by atoms with Crippen molar-refractivity contribution in [2.75, 3.05) is 19.7 Å². The van der Waals surface area contributed by atoms with Crippen molar-refractivity contribution in [1.82, 2.24) is 20.3 Å². The van der Waals surface area contributed by atoms with E-state index in [1.165, 1.54) is 4.68 Å². The van der Waals surface area contributed by atoms with Crippen LogP contribution in [0.1, 0.15) is 18.2 Å². The molecule has 1 aromatic heterocycles. The molecule has 0 spiro atoms. The molecular formula is C9H14N8O. The molecule has 0 bridgehead atoms. The van der Waals surface area contributed by atoms with E-state index in [0.717, 1.165) is 0 Å². The van der Waals surface area contributed by atoms with Crippen LogP contribution in [-0.2, 0) is 6.54 Å². The Morgan fingerprint density at radius 2 is 2.56 bits per heavy atom. The van der Waals surface area contributed by atoms with Crippen LogP contribution in [0.5, 0.6) is 0 Å². The fraction of sp³-hybridized carbons (Fsp3) is 0.667. The zero-order valence-corrected chi connectivity index (χ0v) is 9.77. The summed E-state index contributed by atoms with van der Waals surface area (Å²) < 4.78 is 1.47. The van der Waals surface area contributed by atoms with Crippen molar-refractivity contribution in [2.24, 2.45) is 5.11 Å². The maximum absolute atomic E-state index is 9.00. The molecular weight excluding hydrogens is 236 g/mol. The van der Waals surface area contributed by atoms with Crippen LogP contribution in [0.25, 0.3) is 10.4 Å². The van der Waals surface area contributed by atoms with Crippen LogP contribution in [0, 0.1) is 11.3 Å². The number of nitrogens with one attached hydrogen (secondary N) is 1. The largest absolute Gasteiger partial charge is 0.394 e. The maximum atomic E-state index is 9.00. The average molecular weight is 250 g/mol. The minimum atomic E-state index is -0.552. The zero-order chi connectivity index (χ0) is 13.2. The van der Waals surface area contributed by atoms with Crippen molar-refractivity contribution in [1.29, 1.82) is 5.26 Å². The van der Waals surface area contributed by atoms with Gasteiger partial charge in [-0.15, -0.1) is 5.10 Å². The Kier molecular flexibility index (Phi) is 6.21. The molecule has 96 valence electrons. The van der Waals surface area contributed by atoms with Crippen molar-refractivity contribution in [3.63, 3.8) is 0 Å². The van der Waals surface area contributed by atoms with E-state index in [-0.39, 0.29) is 6.61 Å². The lowest BCUT2D eigenvalue weighted by atomic mass is 10.2. The predicted octanol–water partition coefficient (Wildman–Crippen LogP) is 0.125. The van der Waals surface area contributed by atoms with Gasteiger partial charge in [-0.25, -0.2) is 4.68 Å². The molecule has 0 aromatic carbocycles. The van der Waals surface area contributed by atoms with Gasteiger partial charge in [-0.3, -0.25) is 5.32 Å². The number of hydrogen-bond donors (Lipinski definition) is 2. The summed E-state index contributed by atoms with van der Waals surface area (Å²) in [7, 11) is 0. The molecule has 9 heteroatoms. The van der Waals surface area contributed by atoms with Crippen molar-refractivity contribution in [3.8, 4) is 6.07 Å². The average Bonchev–Trinajstić information content (AvgIpc) is 2.83. The molecule has 0 saturated heterocycles. The summed E-state index contributed by atoms with van der Waals surface area (Å²) in [5.41, 5.74) is 8.61. The monoisotopic (exact) mass is 250 g/mol. The van der Waals surface area contributed by atoms with Gasteiger partial charge in [-0.05, 0) is 18.5 Å². The molecule has 0 saturated carbocycles. The fourth-order valence-electron chi connectivity index (χ4n) is 1.31. The highest BCUT2D eigenvalue weighted by molar-refractivity contribution is 5.10. The van der Waals surface area contributed by atoms with E-state index in [1.807, 2.05) is 0 Å². The van der Waals surface area contributed by atoms with Gasteiger partial charge < -0.3 is 5.11 Å². The van der Waals surface area contributed by atoms with Crippen LogP contribution in [0.2, 0.25) is 0 Å². The van der Waals surface area contributed by atoms with E-state index in [4.69, 9.17) is 15.9 Å². The molecule has 18 heavy (non-hydrogen) atoms. The van der Waals surface area contributed by atoms with Crippen LogP contribution < -0.4 is 5.32 Å². The second-order valence-electron chi connectivity index (χ2n) is 3.45. The number of azide groups is 1. The highest BCUT2D eigenvalue weighted by atomic mass is 16.3. The maximum Gasteiger partial charge on any atom is 0.141 e. The molecule has 1 heterocycles. The molecule has 9 nitrogen and oxygen atoms in total. The van der Waals surface area contributed by atoms with Gasteiger partial charge in [0, 0.05) is 11.5 Å². The van der Waals surface area contributed by atoms with Gasteiger partial charge in [-0.1, -0.05) is 10.3 Å². The van der Waals surface area contributed by atoms with Crippen LogP contribution in [0.15, 0.2) is 11.3 Å². The molecule has 1 rings (SSSR count). The first-order valence-corrected chi connectivity index (χ1v) is 5.46. The Labute approximate surface area is 104 Å². The first-order chi connectivity index (χ1) is 8.81. The van der Waals surface area contributed by atoms with E-state index < -0.39 is 6.04 Å². The Morgan fingerprint density at radius 3 is 3.22 bits per heavy atom. The third-order valence-electron chi connectivity index (χ3n) is 2.16. The predicted molar refractivity (Wildman–Crippen MR) is 62.1 cm³/mol. The SMILES string of the molecule is N#CC(NCCCN=[N+]=[N-])c1cn(CCO)nn1. The van der Waals surface area contributed by atoms with Crippen molar-refractivity contribution in [2.45, 2.75) is 19.0 Å². The third-order valence-corrected chi connectivity index (χ3v) is 2.16. The number of nitrogens with zero attached hydrogens (tertiary/aromatic N) is 7. The molecule has 0 fully saturated rings. The molecule has 2 N–H and O–H groups in total. The smallest absolute Gasteiger partial charge is 0.141 e. The van der Waals surface area contributed by atoms with Gasteiger partial charge in [0.05, 0.1) is 25.4 Å². The lowest BCUT2D eigenvalue weighted by molar-refractivity contribution is 0.268. The summed E-state index contributed by atoms with van der Waals surface area (Å²) in [5, 5.41) is 31.7. The fourth-order valence-corrected chi connectivity index (χ4v) is 1.31. The second kappa shape index (κ2) is 8.03. The van der Waals surface area contributed by atoms with Crippen LogP contribution in [0.3, 0.4) is 0 Å². The topological polar surface area (TPSA) is 136 Å². The number of nitriles is 1. The Morgan fingerprint density at radius 1 is 1.72 bits per heavy atom. The third kappa shape index (κ3) is 4.39. The summed E-state index contributed by atoms with van der Waals surface area (Å²) in [4.78, 5) is 2.64. The quantitative estimate of drug-likeness (QED) is 0.292. The lowest BCUT2D eigenvalue weighted by Crippen LogP contribution is -2.22. The van der Waals surface area contributed by atoms with Gasteiger partial charge in [-0.2, -0.15) is 5.26 Å². The Hall–Kier alpha value is -2.14. The van der Waals surface area contributed by atoms with Gasteiger partial charge in [0.2, 0.25) is 0 Å². The number of aliphatic hydroxyl groups excluding tert-OH is 1. The highest BCUT2D eigenvalue weighted by Crippen LogP contribution is 2.07. The molecule has 1 aromatic rings. The van der Waals surface area contributed by atoms with Gasteiger partial charge in [0.1, 0.15) is 11.7 Å². The molecule has 0 aliphatic carbocycles. The molecule has 0 radical (unpaired) electrons. The molecule has 0 aliphatic heterocycles. The van der Waals surface area contributed by atoms with E-state index in [2.05, 4.69) is 31.7 Å². The first kappa shape index (κ1) is 13.9. The van der Waals surface area contributed by atoms with Gasteiger partial charge in [0.25, 0.3) is 0 Å². The van der Waals surface area contributed by atoms with Crippen molar-refractivity contribution in [3.05, 3.63) is 22.3 Å². The molecule has 0 amide bonds. The van der Waals surface area contributed by atoms with Gasteiger partial charge in [0.15, 0.2) is 0 Å². The first-order valence-electron chi connectivity index (χ1n) is 5.46. The molecule has 1 unspecified atom stereocenters.